The van der Waals surface area contributed by atoms with Crippen LogP contribution in [0.25, 0.3) is 0 Å². The minimum absolute atomic E-state index is 0.0966. The van der Waals surface area contributed by atoms with Crippen LogP contribution >= 0.6 is 0 Å². The first-order chi connectivity index (χ1) is 9.96. The van der Waals surface area contributed by atoms with Crippen molar-refractivity contribution in [3.8, 4) is 0 Å². The second-order valence-electron chi connectivity index (χ2n) is 7.01. The molecule has 0 amide bonds. The van der Waals surface area contributed by atoms with Crippen molar-refractivity contribution in [3.63, 3.8) is 0 Å². The molecule has 4 nitrogen and oxygen atoms in total. The molecule has 2 rings (SSSR count). The van der Waals surface area contributed by atoms with Gasteiger partial charge in [0.2, 0.25) is 0 Å². The zero-order valence-electron chi connectivity index (χ0n) is 14.3. The zero-order valence-corrected chi connectivity index (χ0v) is 14.3. The summed E-state index contributed by atoms with van der Waals surface area (Å²) in [5, 5.41) is 7.94. The van der Waals surface area contributed by atoms with Gasteiger partial charge in [-0.05, 0) is 52.0 Å². The summed E-state index contributed by atoms with van der Waals surface area (Å²) < 4.78 is 8.31. The summed E-state index contributed by atoms with van der Waals surface area (Å²) in [4.78, 5) is 0. The Balaban J connectivity index is 2.26. The molecular weight excluding hydrogens is 262 g/mol. The SMILES string of the molecule is CCOC1(C(NC)c2cnn(CC)c2)CCC(C)(C)CC1. The van der Waals surface area contributed by atoms with E-state index in [1.165, 1.54) is 18.4 Å². The molecule has 0 bridgehead atoms. The molecule has 1 fully saturated rings. The first-order valence-corrected chi connectivity index (χ1v) is 8.30. The quantitative estimate of drug-likeness (QED) is 0.872. The largest absolute Gasteiger partial charge is 0.373 e. The lowest BCUT2D eigenvalue weighted by atomic mass is 9.67. The van der Waals surface area contributed by atoms with Gasteiger partial charge in [0, 0.05) is 24.9 Å². The van der Waals surface area contributed by atoms with Crippen LogP contribution in [0.4, 0.5) is 0 Å². The molecule has 1 N–H and O–H groups in total. The molecule has 1 aliphatic rings. The van der Waals surface area contributed by atoms with Crippen LogP contribution in [0.1, 0.15) is 65.0 Å². The first kappa shape index (κ1) is 16.5. The van der Waals surface area contributed by atoms with E-state index in [2.05, 4.69) is 44.3 Å². The van der Waals surface area contributed by atoms with Gasteiger partial charge in [-0.25, -0.2) is 0 Å². The van der Waals surface area contributed by atoms with E-state index in [9.17, 15) is 0 Å². The highest BCUT2D eigenvalue weighted by atomic mass is 16.5. The van der Waals surface area contributed by atoms with E-state index in [0.29, 0.717) is 5.41 Å². The van der Waals surface area contributed by atoms with E-state index in [1.807, 2.05) is 17.9 Å². The molecule has 0 radical (unpaired) electrons. The number of nitrogens with zero attached hydrogens (tertiary/aromatic N) is 2. The zero-order chi connectivity index (χ0) is 15.5. The number of ether oxygens (including phenoxy) is 1. The highest BCUT2D eigenvalue weighted by Gasteiger charge is 2.45. The fraction of sp³-hybridized carbons (Fsp3) is 0.824. The summed E-state index contributed by atoms with van der Waals surface area (Å²) in [7, 11) is 2.04. The minimum atomic E-state index is -0.0966. The molecule has 120 valence electrons. The van der Waals surface area contributed by atoms with E-state index in [-0.39, 0.29) is 11.6 Å². The van der Waals surface area contributed by atoms with Crippen LogP contribution in [-0.2, 0) is 11.3 Å². The van der Waals surface area contributed by atoms with E-state index < -0.39 is 0 Å². The highest BCUT2D eigenvalue weighted by Crippen LogP contribution is 2.47. The van der Waals surface area contributed by atoms with Crippen molar-refractivity contribution >= 4 is 0 Å². The second kappa shape index (κ2) is 6.49. The molecule has 1 atom stereocenters. The molecule has 1 aliphatic carbocycles. The summed E-state index contributed by atoms with van der Waals surface area (Å²) in [6.45, 7) is 10.6. The number of hydrogen-bond donors (Lipinski definition) is 1. The summed E-state index contributed by atoms with van der Waals surface area (Å²) in [5.74, 6) is 0. The molecule has 1 unspecified atom stereocenters. The van der Waals surface area contributed by atoms with Crippen LogP contribution in [0.15, 0.2) is 12.4 Å². The van der Waals surface area contributed by atoms with Crippen molar-refractivity contribution in [1.29, 1.82) is 0 Å². The van der Waals surface area contributed by atoms with Gasteiger partial charge in [-0.1, -0.05) is 13.8 Å². The molecule has 0 aromatic carbocycles. The smallest absolute Gasteiger partial charge is 0.0877 e. The minimum Gasteiger partial charge on any atom is -0.373 e. The van der Waals surface area contributed by atoms with E-state index in [1.54, 1.807) is 0 Å². The molecule has 0 spiro atoms. The van der Waals surface area contributed by atoms with Gasteiger partial charge in [0.25, 0.3) is 0 Å². The summed E-state index contributed by atoms with van der Waals surface area (Å²) in [5.41, 5.74) is 1.58. The predicted molar refractivity (Wildman–Crippen MR) is 86.3 cm³/mol. The molecule has 1 saturated carbocycles. The lowest BCUT2D eigenvalue weighted by Crippen LogP contribution is -2.48. The van der Waals surface area contributed by atoms with Gasteiger partial charge in [0.05, 0.1) is 17.8 Å². The Morgan fingerprint density at radius 2 is 1.95 bits per heavy atom. The van der Waals surface area contributed by atoms with Crippen molar-refractivity contribution in [1.82, 2.24) is 15.1 Å². The number of likely N-dealkylation sites (N-methyl/N-ethyl adjacent to an activating group) is 1. The van der Waals surface area contributed by atoms with Crippen LogP contribution in [0.2, 0.25) is 0 Å². The Hall–Kier alpha value is -0.870. The predicted octanol–water partition coefficient (Wildman–Crippen LogP) is 3.54. The Morgan fingerprint density at radius 1 is 1.29 bits per heavy atom. The number of rotatable bonds is 6. The summed E-state index contributed by atoms with van der Waals surface area (Å²) in [6, 6.07) is 0.217. The third-order valence-corrected chi connectivity index (χ3v) is 5.01. The van der Waals surface area contributed by atoms with Crippen LogP contribution in [-0.4, -0.2) is 29.0 Å². The molecule has 1 heterocycles. The van der Waals surface area contributed by atoms with Crippen molar-refractivity contribution in [3.05, 3.63) is 18.0 Å². The number of nitrogens with one attached hydrogen (secondary N) is 1. The van der Waals surface area contributed by atoms with Gasteiger partial charge in [-0.15, -0.1) is 0 Å². The highest BCUT2D eigenvalue weighted by molar-refractivity contribution is 5.17. The second-order valence-corrected chi connectivity index (χ2v) is 7.01. The molecule has 21 heavy (non-hydrogen) atoms. The van der Waals surface area contributed by atoms with Gasteiger partial charge in [-0.3, -0.25) is 4.68 Å². The van der Waals surface area contributed by atoms with Gasteiger partial charge in [-0.2, -0.15) is 5.10 Å². The molecule has 4 heteroatoms. The lowest BCUT2D eigenvalue weighted by molar-refractivity contribution is -0.106. The van der Waals surface area contributed by atoms with E-state index in [0.717, 1.165) is 26.0 Å². The third kappa shape index (κ3) is 3.49. The van der Waals surface area contributed by atoms with Crippen LogP contribution in [0.5, 0.6) is 0 Å². The topological polar surface area (TPSA) is 39.1 Å². The van der Waals surface area contributed by atoms with E-state index in [4.69, 9.17) is 4.74 Å². The Kier molecular flexibility index (Phi) is 5.10. The summed E-state index contributed by atoms with van der Waals surface area (Å²) in [6.07, 6.45) is 8.79. The number of aryl methyl sites for hydroxylation is 1. The standard InChI is InChI=1S/C17H31N3O/c1-6-20-13-14(12-19-20)15(18-5)17(21-7-2)10-8-16(3,4)9-11-17/h12-13,15,18H,6-11H2,1-5H3. The maximum Gasteiger partial charge on any atom is 0.0877 e. The van der Waals surface area contributed by atoms with E-state index >= 15 is 0 Å². The van der Waals surface area contributed by atoms with Crippen LogP contribution < -0.4 is 5.32 Å². The van der Waals surface area contributed by atoms with Gasteiger partial charge in [0.15, 0.2) is 0 Å². The van der Waals surface area contributed by atoms with Gasteiger partial charge < -0.3 is 10.1 Å². The van der Waals surface area contributed by atoms with Crippen molar-refractivity contribution in [2.75, 3.05) is 13.7 Å². The normalized spacial score (nSPS) is 22.1. The molecule has 1 aromatic rings. The average molecular weight is 293 g/mol. The van der Waals surface area contributed by atoms with Crippen LogP contribution in [0.3, 0.4) is 0 Å². The average Bonchev–Trinajstić information content (AvgIpc) is 2.92. The van der Waals surface area contributed by atoms with Crippen molar-refractivity contribution in [2.24, 2.45) is 5.41 Å². The fourth-order valence-electron chi connectivity index (χ4n) is 3.59. The van der Waals surface area contributed by atoms with Gasteiger partial charge in [0.1, 0.15) is 0 Å². The maximum absolute atomic E-state index is 6.31. The maximum atomic E-state index is 6.31. The molecule has 1 aromatic heterocycles. The Morgan fingerprint density at radius 3 is 2.43 bits per heavy atom. The third-order valence-electron chi connectivity index (χ3n) is 5.01. The number of hydrogen-bond acceptors (Lipinski definition) is 3. The lowest BCUT2D eigenvalue weighted by Gasteiger charge is -2.47. The fourth-order valence-corrected chi connectivity index (χ4v) is 3.59. The molecule has 0 aliphatic heterocycles. The molecule has 0 saturated heterocycles. The van der Waals surface area contributed by atoms with Crippen molar-refractivity contribution in [2.45, 2.75) is 71.6 Å². The molecular formula is C17H31N3O. The Labute approximate surface area is 129 Å². The first-order valence-electron chi connectivity index (χ1n) is 8.30. The van der Waals surface area contributed by atoms with Gasteiger partial charge >= 0.3 is 0 Å². The Bertz CT molecular complexity index is 443. The number of aromatic nitrogens is 2. The van der Waals surface area contributed by atoms with Crippen LogP contribution in [0, 0.1) is 5.41 Å². The monoisotopic (exact) mass is 293 g/mol. The van der Waals surface area contributed by atoms with Crippen molar-refractivity contribution < 1.29 is 4.74 Å². The summed E-state index contributed by atoms with van der Waals surface area (Å²) >= 11 is 0.